The fourth-order valence-corrected chi connectivity index (χ4v) is 2.10. The first kappa shape index (κ1) is 13.5. The number of likely N-dealkylation sites (N-methyl/N-ethyl adjacent to an activating group) is 1. The molecule has 94 valence electrons. The molecule has 1 aliphatic heterocycles. The highest BCUT2D eigenvalue weighted by atomic mass is 16.2. The Labute approximate surface area is 98.8 Å². The number of carbonyl (C=O) groups excluding carboxylic acids is 1. The summed E-state index contributed by atoms with van der Waals surface area (Å²) in [7, 11) is 2.08. The molecule has 0 aromatic heterocycles. The Balaban J connectivity index is 2.53. The summed E-state index contributed by atoms with van der Waals surface area (Å²) >= 11 is 0. The lowest BCUT2D eigenvalue weighted by Crippen LogP contribution is -2.56. The number of amides is 1. The van der Waals surface area contributed by atoms with E-state index in [0.717, 1.165) is 26.1 Å². The van der Waals surface area contributed by atoms with Gasteiger partial charge in [0.15, 0.2) is 0 Å². The molecule has 4 nitrogen and oxygen atoms in total. The van der Waals surface area contributed by atoms with Crippen molar-refractivity contribution in [3.63, 3.8) is 0 Å². The Kier molecular flexibility index (Phi) is 5.22. The Bertz CT molecular complexity index is 232. The molecule has 2 unspecified atom stereocenters. The van der Waals surface area contributed by atoms with Gasteiger partial charge in [-0.1, -0.05) is 20.3 Å². The van der Waals surface area contributed by atoms with Crippen LogP contribution in [0.4, 0.5) is 0 Å². The molecule has 2 atom stereocenters. The summed E-state index contributed by atoms with van der Waals surface area (Å²) in [6.07, 6.45) is 1.73. The second-order valence-corrected chi connectivity index (χ2v) is 4.96. The van der Waals surface area contributed by atoms with E-state index in [9.17, 15) is 4.79 Å². The van der Waals surface area contributed by atoms with Crippen molar-refractivity contribution < 1.29 is 4.79 Å². The minimum Gasteiger partial charge on any atom is -0.336 e. The number of piperazine rings is 1. The van der Waals surface area contributed by atoms with Crippen LogP contribution in [0.3, 0.4) is 0 Å². The molecule has 0 aromatic rings. The van der Waals surface area contributed by atoms with Crippen molar-refractivity contribution in [3.8, 4) is 0 Å². The zero-order valence-electron chi connectivity index (χ0n) is 10.8. The van der Waals surface area contributed by atoms with Crippen LogP contribution in [0.1, 0.15) is 26.7 Å². The molecule has 0 saturated carbocycles. The zero-order chi connectivity index (χ0) is 12.1. The maximum absolute atomic E-state index is 12.1. The van der Waals surface area contributed by atoms with E-state index in [0.29, 0.717) is 18.9 Å². The Morgan fingerprint density at radius 3 is 2.75 bits per heavy atom. The molecule has 1 amide bonds. The molecule has 4 heteroatoms. The smallest absolute Gasteiger partial charge is 0.223 e. The quantitative estimate of drug-likeness (QED) is 0.762. The van der Waals surface area contributed by atoms with E-state index in [2.05, 4.69) is 25.8 Å². The van der Waals surface area contributed by atoms with Crippen LogP contribution in [-0.4, -0.2) is 55.0 Å². The summed E-state index contributed by atoms with van der Waals surface area (Å²) in [6.45, 7) is 7.52. The molecular weight excluding hydrogens is 202 g/mol. The standard InChI is InChI=1S/C12H25N3O/c1-4-10(2)7-12(16)15-6-5-14(3)9-11(15)8-13/h10-11H,4-9,13H2,1-3H3. The van der Waals surface area contributed by atoms with Gasteiger partial charge in [-0.25, -0.2) is 0 Å². The summed E-state index contributed by atoms with van der Waals surface area (Å²) in [5.74, 6) is 0.753. The third-order valence-electron chi connectivity index (χ3n) is 3.50. The predicted octanol–water partition coefficient (Wildman–Crippen LogP) is 0.524. The van der Waals surface area contributed by atoms with Gasteiger partial charge >= 0.3 is 0 Å². The van der Waals surface area contributed by atoms with Crippen molar-refractivity contribution in [2.75, 3.05) is 33.2 Å². The maximum Gasteiger partial charge on any atom is 0.223 e. The molecule has 1 heterocycles. The molecule has 1 rings (SSSR count). The summed E-state index contributed by atoms with van der Waals surface area (Å²) in [6, 6.07) is 0.204. The van der Waals surface area contributed by atoms with Gasteiger partial charge in [0.1, 0.15) is 0 Å². The molecule has 0 aliphatic carbocycles. The van der Waals surface area contributed by atoms with E-state index in [-0.39, 0.29) is 11.9 Å². The monoisotopic (exact) mass is 227 g/mol. The predicted molar refractivity (Wildman–Crippen MR) is 66.1 cm³/mol. The highest BCUT2D eigenvalue weighted by Gasteiger charge is 2.28. The average molecular weight is 227 g/mol. The second-order valence-electron chi connectivity index (χ2n) is 4.96. The first-order valence-corrected chi connectivity index (χ1v) is 6.26. The van der Waals surface area contributed by atoms with Gasteiger partial charge in [0.25, 0.3) is 0 Å². The number of rotatable bonds is 4. The largest absolute Gasteiger partial charge is 0.336 e. The molecule has 1 saturated heterocycles. The lowest BCUT2D eigenvalue weighted by molar-refractivity contribution is -0.136. The molecular formula is C12H25N3O. The van der Waals surface area contributed by atoms with E-state index < -0.39 is 0 Å². The molecule has 0 radical (unpaired) electrons. The normalized spacial score (nSPS) is 24.5. The van der Waals surface area contributed by atoms with Gasteiger partial charge in [-0.2, -0.15) is 0 Å². The van der Waals surface area contributed by atoms with Crippen LogP contribution < -0.4 is 5.73 Å². The Hall–Kier alpha value is -0.610. The maximum atomic E-state index is 12.1. The third-order valence-corrected chi connectivity index (χ3v) is 3.50. The van der Waals surface area contributed by atoms with Crippen molar-refractivity contribution >= 4 is 5.91 Å². The van der Waals surface area contributed by atoms with E-state index in [4.69, 9.17) is 5.73 Å². The number of hydrogen-bond donors (Lipinski definition) is 1. The van der Waals surface area contributed by atoms with Gasteiger partial charge in [0, 0.05) is 32.6 Å². The fraction of sp³-hybridized carbons (Fsp3) is 0.917. The van der Waals surface area contributed by atoms with Crippen molar-refractivity contribution in [1.29, 1.82) is 0 Å². The van der Waals surface area contributed by atoms with Crippen molar-refractivity contribution in [2.45, 2.75) is 32.7 Å². The van der Waals surface area contributed by atoms with Crippen molar-refractivity contribution in [1.82, 2.24) is 9.80 Å². The topological polar surface area (TPSA) is 49.6 Å². The summed E-state index contributed by atoms with van der Waals surface area (Å²) in [5, 5.41) is 0. The molecule has 2 N–H and O–H groups in total. The molecule has 1 aliphatic rings. The number of nitrogens with zero attached hydrogens (tertiary/aromatic N) is 2. The van der Waals surface area contributed by atoms with Crippen LogP contribution in [-0.2, 0) is 4.79 Å². The van der Waals surface area contributed by atoms with Crippen LogP contribution >= 0.6 is 0 Å². The number of hydrogen-bond acceptors (Lipinski definition) is 3. The van der Waals surface area contributed by atoms with E-state index in [1.807, 2.05) is 4.90 Å². The highest BCUT2D eigenvalue weighted by molar-refractivity contribution is 5.77. The number of nitrogens with two attached hydrogens (primary N) is 1. The molecule has 0 bridgehead atoms. The molecule has 0 spiro atoms. The Morgan fingerprint density at radius 2 is 2.19 bits per heavy atom. The lowest BCUT2D eigenvalue weighted by atomic mass is 10.0. The van der Waals surface area contributed by atoms with Gasteiger partial charge in [-0.05, 0) is 13.0 Å². The van der Waals surface area contributed by atoms with Gasteiger partial charge in [-0.15, -0.1) is 0 Å². The highest BCUT2D eigenvalue weighted by Crippen LogP contribution is 2.14. The van der Waals surface area contributed by atoms with E-state index >= 15 is 0 Å². The van der Waals surface area contributed by atoms with E-state index in [1.165, 1.54) is 0 Å². The zero-order valence-corrected chi connectivity index (χ0v) is 10.8. The average Bonchev–Trinajstić information content (AvgIpc) is 2.28. The van der Waals surface area contributed by atoms with Crippen LogP contribution in [0.15, 0.2) is 0 Å². The van der Waals surface area contributed by atoms with Crippen LogP contribution in [0.5, 0.6) is 0 Å². The SMILES string of the molecule is CCC(C)CC(=O)N1CCN(C)CC1CN. The summed E-state index contributed by atoms with van der Waals surface area (Å²) in [4.78, 5) is 16.3. The first-order chi connectivity index (χ1) is 7.58. The van der Waals surface area contributed by atoms with Gasteiger partial charge in [0.2, 0.25) is 5.91 Å². The first-order valence-electron chi connectivity index (χ1n) is 6.26. The summed E-state index contributed by atoms with van der Waals surface area (Å²) < 4.78 is 0. The van der Waals surface area contributed by atoms with Gasteiger partial charge in [0.05, 0.1) is 6.04 Å². The fourth-order valence-electron chi connectivity index (χ4n) is 2.10. The lowest BCUT2D eigenvalue weighted by Gasteiger charge is -2.40. The van der Waals surface area contributed by atoms with Crippen molar-refractivity contribution in [2.24, 2.45) is 11.7 Å². The van der Waals surface area contributed by atoms with Gasteiger partial charge < -0.3 is 15.5 Å². The molecule has 16 heavy (non-hydrogen) atoms. The van der Waals surface area contributed by atoms with Crippen LogP contribution in [0, 0.1) is 5.92 Å². The number of carbonyl (C=O) groups is 1. The Morgan fingerprint density at radius 1 is 1.50 bits per heavy atom. The minimum atomic E-state index is 0.204. The van der Waals surface area contributed by atoms with Crippen molar-refractivity contribution in [3.05, 3.63) is 0 Å². The molecule has 0 aromatic carbocycles. The minimum absolute atomic E-state index is 0.204. The third kappa shape index (κ3) is 3.46. The second kappa shape index (κ2) is 6.21. The van der Waals surface area contributed by atoms with Crippen LogP contribution in [0.25, 0.3) is 0 Å². The molecule has 1 fully saturated rings. The van der Waals surface area contributed by atoms with E-state index in [1.54, 1.807) is 0 Å². The van der Waals surface area contributed by atoms with Gasteiger partial charge in [-0.3, -0.25) is 4.79 Å². The summed E-state index contributed by atoms with van der Waals surface area (Å²) in [5.41, 5.74) is 5.74. The van der Waals surface area contributed by atoms with Crippen LogP contribution in [0.2, 0.25) is 0 Å².